The van der Waals surface area contributed by atoms with Crippen molar-refractivity contribution in [1.82, 2.24) is 0 Å². The Bertz CT molecular complexity index is 1250. The zero-order valence-electron chi connectivity index (χ0n) is 22.7. The predicted octanol–water partition coefficient (Wildman–Crippen LogP) is -0.862. The van der Waals surface area contributed by atoms with Crippen LogP contribution in [0.4, 0.5) is 0 Å². The number of hydrogen-bond donors (Lipinski definition) is 7. The number of fused-ring (bicyclic) bond motifs is 1. The number of ether oxygens (including phenoxy) is 6. The summed E-state index contributed by atoms with van der Waals surface area (Å²) < 4.78 is 33.9. The molecule has 2 aromatic rings. The van der Waals surface area contributed by atoms with E-state index in [-0.39, 0.29) is 29.3 Å². The van der Waals surface area contributed by atoms with Gasteiger partial charge in [0.1, 0.15) is 71.3 Å². The number of methoxy groups -OCH3 is 1. The number of Topliss-reactive ketones (excluding diaryl/α,β-unsaturated/α-hetero) is 1. The fourth-order valence-electron chi connectivity index (χ4n) is 5.20. The van der Waals surface area contributed by atoms with Crippen molar-refractivity contribution in [1.29, 1.82) is 0 Å². The third kappa shape index (κ3) is 5.77. The van der Waals surface area contributed by atoms with E-state index in [4.69, 9.17) is 28.4 Å². The number of rotatable bonds is 7. The fourth-order valence-corrected chi connectivity index (χ4v) is 5.20. The Morgan fingerprint density at radius 3 is 2.26 bits per heavy atom. The third-order valence-electron chi connectivity index (χ3n) is 7.64. The molecule has 5 rings (SSSR count). The SMILES string of the molecule is COc1ccc([C@@H]2CC(=O)c3c(O)cc(O[C@@H]4O[C@H](CO)[C@@H](O)[C@H](O)[C@H]4O[C@@H]4O[C@@H](C)[C@H](O)C(O)[C@H]4O)cc3O2)cc1. The second kappa shape index (κ2) is 12.3. The van der Waals surface area contributed by atoms with Gasteiger partial charge in [-0.3, -0.25) is 4.79 Å². The molecule has 0 aromatic heterocycles. The van der Waals surface area contributed by atoms with Crippen LogP contribution in [0.25, 0.3) is 0 Å². The van der Waals surface area contributed by atoms with Crippen molar-refractivity contribution in [2.24, 2.45) is 0 Å². The molecular weight excluding hydrogens is 560 g/mol. The second-order valence-electron chi connectivity index (χ2n) is 10.4. The van der Waals surface area contributed by atoms with Gasteiger partial charge in [0.25, 0.3) is 0 Å². The number of carbonyl (C=O) groups excluding carboxylic acids is 1. The van der Waals surface area contributed by atoms with Gasteiger partial charge >= 0.3 is 0 Å². The van der Waals surface area contributed by atoms with Gasteiger partial charge in [0.15, 0.2) is 18.2 Å². The molecule has 0 saturated carbocycles. The molecule has 3 aliphatic heterocycles. The summed E-state index contributed by atoms with van der Waals surface area (Å²) in [6.07, 6.45) is -15.8. The summed E-state index contributed by atoms with van der Waals surface area (Å²) in [6.45, 7) is 0.733. The van der Waals surface area contributed by atoms with Crippen LogP contribution in [-0.2, 0) is 14.2 Å². The molecule has 7 N–H and O–H groups in total. The second-order valence-corrected chi connectivity index (χ2v) is 10.4. The average molecular weight is 595 g/mol. The van der Waals surface area contributed by atoms with Crippen molar-refractivity contribution in [3.05, 3.63) is 47.5 Å². The normalized spacial score (nSPS) is 36.6. The number of ketones is 1. The summed E-state index contributed by atoms with van der Waals surface area (Å²) in [4.78, 5) is 12.9. The minimum Gasteiger partial charge on any atom is -0.507 e. The maximum Gasteiger partial charge on any atom is 0.229 e. The van der Waals surface area contributed by atoms with Gasteiger partial charge in [0, 0.05) is 12.1 Å². The molecule has 0 radical (unpaired) electrons. The Morgan fingerprint density at radius 1 is 0.881 bits per heavy atom. The number of phenolic OH excluding ortho intramolecular Hbond substituents is 1. The van der Waals surface area contributed by atoms with E-state index in [2.05, 4.69) is 0 Å². The molecule has 0 bridgehead atoms. The zero-order chi connectivity index (χ0) is 30.3. The minimum absolute atomic E-state index is 0.0200. The Hall–Kier alpha value is -3.05. The van der Waals surface area contributed by atoms with E-state index in [1.54, 1.807) is 24.3 Å². The summed E-state index contributed by atoms with van der Waals surface area (Å²) in [6, 6.07) is 9.42. The highest BCUT2D eigenvalue weighted by atomic mass is 16.8. The molecule has 0 amide bonds. The first-order valence-corrected chi connectivity index (χ1v) is 13.4. The lowest BCUT2D eigenvalue weighted by molar-refractivity contribution is -0.354. The molecule has 230 valence electrons. The molecule has 14 heteroatoms. The molecule has 2 fully saturated rings. The minimum atomic E-state index is -1.74. The number of carbonyl (C=O) groups is 1. The van der Waals surface area contributed by atoms with Crippen LogP contribution in [0.15, 0.2) is 36.4 Å². The van der Waals surface area contributed by atoms with Gasteiger partial charge in [-0.2, -0.15) is 0 Å². The zero-order valence-corrected chi connectivity index (χ0v) is 22.7. The van der Waals surface area contributed by atoms with E-state index in [1.807, 2.05) is 0 Å². The Labute approximate surface area is 240 Å². The van der Waals surface area contributed by atoms with Crippen LogP contribution in [-0.4, -0.2) is 117 Å². The van der Waals surface area contributed by atoms with Crippen LogP contribution in [0.5, 0.6) is 23.0 Å². The predicted molar refractivity (Wildman–Crippen MR) is 139 cm³/mol. The van der Waals surface area contributed by atoms with Crippen LogP contribution in [0.3, 0.4) is 0 Å². The van der Waals surface area contributed by atoms with Crippen LogP contribution >= 0.6 is 0 Å². The largest absolute Gasteiger partial charge is 0.507 e. The van der Waals surface area contributed by atoms with E-state index < -0.39 is 79.9 Å². The fraction of sp³-hybridized carbons (Fsp3) is 0.536. The lowest BCUT2D eigenvalue weighted by Crippen LogP contribution is -2.64. The third-order valence-corrected chi connectivity index (χ3v) is 7.64. The molecular formula is C28H34O14. The summed E-state index contributed by atoms with van der Waals surface area (Å²) in [5, 5.41) is 72.3. The number of benzene rings is 2. The Kier molecular flexibility index (Phi) is 8.89. The average Bonchev–Trinajstić information content (AvgIpc) is 2.97. The van der Waals surface area contributed by atoms with Crippen LogP contribution in [0, 0.1) is 0 Å². The maximum atomic E-state index is 12.9. The molecule has 0 spiro atoms. The van der Waals surface area contributed by atoms with Crippen molar-refractivity contribution >= 4 is 5.78 Å². The van der Waals surface area contributed by atoms with E-state index in [0.29, 0.717) is 11.3 Å². The molecule has 42 heavy (non-hydrogen) atoms. The van der Waals surface area contributed by atoms with Crippen LogP contribution < -0.4 is 14.2 Å². The molecule has 3 aliphatic rings. The number of aliphatic hydroxyl groups is 6. The van der Waals surface area contributed by atoms with Gasteiger partial charge in [-0.15, -0.1) is 0 Å². The molecule has 3 heterocycles. The molecule has 1 unspecified atom stereocenters. The van der Waals surface area contributed by atoms with Crippen LogP contribution in [0.1, 0.15) is 35.4 Å². The molecule has 0 aliphatic carbocycles. The highest BCUT2D eigenvalue weighted by Gasteiger charge is 2.51. The van der Waals surface area contributed by atoms with Crippen LogP contribution in [0.2, 0.25) is 0 Å². The lowest BCUT2D eigenvalue weighted by Gasteiger charge is -2.45. The summed E-state index contributed by atoms with van der Waals surface area (Å²) >= 11 is 0. The van der Waals surface area contributed by atoms with E-state index in [0.717, 1.165) is 6.07 Å². The van der Waals surface area contributed by atoms with Gasteiger partial charge in [-0.1, -0.05) is 12.1 Å². The number of aromatic hydroxyl groups is 1. The molecule has 2 saturated heterocycles. The monoisotopic (exact) mass is 594 g/mol. The summed E-state index contributed by atoms with van der Waals surface area (Å²) in [5.74, 6) is -0.244. The summed E-state index contributed by atoms with van der Waals surface area (Å²) in [5.41, 5.74) is 0.647. The highest BCUT2D eigenvalue weighted by molar-refractivity contribution is 6.02. The summed E-state index contributed by atoms with van der Waals surface area (Å²) in [7, 11) is 1.53. The Morgan fingerprint density at radius 2 is 1.60 bits per heavy atom. The first-order chi connectivity index (χ1) is 20.0. The smallest absolute Gasteiger partial charge is 0.229 e. The van der Waals surface area contributed by atoms with E-state index >= 15 is 0 Å². The van der Waals surface area contributed by atoms with Gasteiger partial charge < -0.3 is 64.2 Å². The Balaban J connectivity index is 1.40. The van der Waals surface area contributed by atoms with Gasteiger partial charge in [0.2, 0.25) is 6.29 Å². The topological polar surface area (TPSA) is 214 Å². The first kappa shape index (κ1) is 30.4. The molecule has 11 atom stereocenters. The van der Waals surface area contributed by atoms with E-state index in [9.17, 15) is 40.5 Å². The molecule has 2 aromatic carbocycles. The van der Waals surface area contributed by atoms with Crippen molar-refractivity contribution in [3.63, 3.8) is 0 Å². The maximum absolute atomic E-state index is 12.9. The van der Waals surface area contributed by atoms with Crippen molar-refractivity contribution < 1.29 is 69.0 Å². The lowest BCUT2D eigenvalue weighted by atomic mass is 9.95. The van der Waals surface area contributed by atoms with Crippen molar-refractivity contribution in [2.75, 3.05) is 13.7 Å². The quantitative estimate of drug-likeness (QED) is 0.208. The van der Waals surface area contributed by atoms with Crippen molar-refractivity contribution in [3.8, 4) is 23.0 Å². The number of hydrogen-bond acceptors (Lipinski definition) is 14. The standard InChI is InChI=1S/C28H34O14/c1-11-21(32)23(34)25(36)27(38-11)42-26-24(35)22(33)19(10-29)41-28(26)39-14-7-15(30)20-16(31)9-17(40-18(20)8-14)12-3-5-13(37-2)6-4-12/h3-8,11,17,19,21-30,32-36H,9-10H2,1-2H3/t11-,17-,19+,21-,22+,23?,24-,25+,26+,27-,28+/m0/s1. The van der Waals surface area contributed by atoms with Crippen molar-refractivity contribution in [2.45, 2.75) is 80.9 Å². The highest BCUT2D eigenvalue weighted by Crippen LogP contribution is 2.43. The van der Waals surface area contributed by atoms with Gasteiger partial charge in [-0.25, -0.2) is 0 Å². The van der Waals surface area contributed by atoms with Gasteiger partial charge in [0.05, 0.1) is 26.2 Å². The number of aliphatic hydroxyl groups excluding tert-OH is 6. The van der Waals surface area contributed by atoms with E-state index in [1.165, 1.54) is 20.1 Å². The number of phenols is 1. The molecule has 14 nitrogen and oxygen atoms in total. The first-order valence-electron chi connectivity index (χ1n) is 13.4. The van der Waals surface area contributed by atoms with Gasteiger partial charge in [-0.05, 0) is 24.6 Å².